The number of hydrogen-bond acceptors (Lipinski definition) is 4. The van der Waals surface area contributed by atoms with Gasteiger partial charge in [0.25, 0.3) is 0 Å². The van der Waals surface area contributed by atoms with E-state index in [0.29, 0.717) is 7.11 Å². The summed E-state index contributed by atoms with van der Waals surface area (Å²) in [6, 6.07) is -3.94. The molecule has 0 amide bonds. The summed E-state index contributed by atoms with van der Waals surface area (Å²) in [5.41, 5.74) is -2.68. The van der Waals surface area contributed by atoms with Crippen molar-refractivity contribution in [2.45, 2.75) is 41.7 Å². The molecule has 0 bridgehead atoms. The van der Waals surface area contributed by atoms with Gasteiger partial charge >= 0.3 is 59.7 Å². The molecule has 2 N–H and O–H groups in total. The molecule has 0 saturated heterocycles. The Kier molecular flexibility index (Phi) is 8.87. The zero-order valence-electron chi connectivity index (χ0n) is 18.6. The van der Waals surface area contributed by atoms with E-state index in [4.69, 9.17) is 10.2 Å². The summed E-state index contributed by atoms with van der Waals surface area (Å²) in [7, 11) is 0.522. The quantitative estimate of drug-likeness (QED) is 0.201. The fraction of sp³-hybridized carbons (Fsp3) is 0.444. The molecule has 1 rings (SSSR count). The van der Waals surface area contributed by atoms with Gasteiger partial charge in [0.05, 0.1) is 18.2 Å². The molecule has 6 nitrogen and oxygen atoms in total. The van der Waals surface area contributed by atoms with Crippen LogP contribution < -0.4 is 9.47 Å². The van der Waals surface area contributed by atoms with Crippen LogP contribution in [0.3, 0.4) is 0 Å². The summed E-state index contributed by atoms with van der Waals surface area (Å²) in [4.78, 5) is 22.2. The standard InChI is InChI=1S/C18H7F17O6/c1-40-6-2-4(10(36)37)5(11(38)39)3-7(6)41-9(20)8(19)12(21,22)13(23,24)14(25,26)15(27,28)16(29,30)17(31,32)18(33,34)35/h2-3H,1H3,(H,36,37)(H,38,39). The Morgan fingerprint density at radius 2 is 0.951 bits per heavy atom. The molecule has 0 unspecified atom stereocenters. The second kappa shape index (κ2) is 10.3. The van der Waals surface area contributed by atoms with Gasteiger partial charge in [-0.25, -0.2) is 9.59 Å². The molecular formula is C18H7F17O6. The Morgan fingerprint density at radius 3 is 1.29 bits per heavy atom. The maximum absolute atomic E-state index is 14.0. The van der Waals surface area contributed by atoms with Crippen LogP contribution in [0.1, 0.15) is 20.7 Å². The van der Waals surface area contributed by atoms with E-state index in [1.165, 1.54) is 0 Å². The molecule has 0 aliphatic heterocycles. The van der Waals surface area contributed by atoms with Crippen LogP contribution in [0.4, 0.5) is 74.6 Å². The highest BCUT2D eigenvalue weighted by molar-refractivity contribution is 6.02. The van der Waals surface area contributed by atoms with Gasteiger partial charge in [-0.1, -0.05) is 0 Å². The average molecular weight is 642 g/mol. The second-order valence-electron chi connectivity index (χ2n) is 7.29. The number of carbonyl (C=O) groups is 2. The Balaban J connectivity index is 3.76. The number of aromatic carboxylic acids is 2. The van der Waals surface area contributed by atoms with Crippen molar-refractivity contribution in [1.82, 2.24) is 0 Å². The highest BCUT2D eigenvalue weighted by atomic mass is 19.4. The van der Waals surface area contributed by atoms with Crippen molar-refractivity contribution in [1.29, 1.82) is 0 Å². The number of ether oxygens (including phenoxy) is 2. The van der Waals surface area contributed by atoms with E-state index < -0.39 is 88.1 Å². The molecule has 0 radical (unpaired) electrons. The molecule has 1 aromatic carbocycles. The molecule has 234 valence electrons. The zero-order chi connectivity index (χ0) is 32.9. The van der Waals surface area contributed by atoms with Crippen molar-refractivity contribution in [3.8, 4) is 11.5 Å². The third-order valence-electron chi connectivity index (χ3n) is 4.74. The lowest BCUT2D eigenvalue weighted by Gasteiger charge is -2.41. The number of hydrogen-bond donors (Lipinski definition) is 2. The van der Waals surface area contributed by atoms with Gasteiger partial charge < -0.3 is 19.7 Å². The van der Waals surface area contributed by atoms with Crippen molar-refractivity contribution in [2.24, 2.45) is 0 Å². The van der Waals surface area contributed by atoms with Crippen molar-refractivity contribution < 1.29 is 104 Å². The number of alkyl halides is 15. The average Bonchev–Trinajstić information content (AvgIpc) is 2.81. The van der Waals surface area contributed by atoms with E-state index in [1.807, 2.05) is 0 Å². The highest BCUT2D eigenvalue weighted by Gasteiger charge is 2.93. The minimum Gasteiger partial charge on any atom is -0.493 e. The van der Waals surface area contributed by atoms with E-state index in [-0.39, 0.29) is 12.1 Å². The topological polar surface area (TPSA) is 93.1 Å². The number of carboxylic acid groups (broad SMARTS) is 2. The number of halogens is 17. The number of benzene rings is 1. The predicted octanol–water partition coefficient (Wildman–Crippen LogP) is 6.95. The number of rotatable bonds is 11. The molecule has 0 atom stereocenters. The van der Waals surface area contributed by atoms with Crippen LogP contribution in [-0.2, 0) is 0 Å². The van der Waals surface area contributed by atoms with Gasteiger partial charge in [0.2, 0.25) is 5.83 Å². The first-order valence-corrected chi connectivity index (χ1v) is 9.24. The predicted molar refractivity (Wildman–Crippen MR) is 92.5 cm³/mol. The summed E-state index contributed by atoms with van der Waals surface area (Å²) in [6.45, 7) is 0. The molecule has 1 aromatic rings. The van der Waals surface area contributed by atoms with Gasteiger partial charge in [-0.15, -0.1) is 0 Å². The van der Waals surface area contributed by atoms with Crippen LogP contribution in [-0.4, -0.2) is 71.0 Å². The molecular weight excluding hydrogens is 635 g/mol. The SMILES string of the molecule is COc1cc(C(=O)O)c(C(=O)O)cc1OC(F)=C(F)C(F)(F)C(F)(F)C(F)(F)C(F)(F)C(F)(F)C(F)(F)C(F)(F)F. The maximum Gasteiger partial charge on any atom is 0.460 e. The monoisotopic (exact) mass is 642 g/mol. The lowest BCUT2D eigenvalue weighted by Crippen LogP contribution is -2.72. The van der Waals surface area contributed by atoms with E-state index in [0.717, 1.165) is 0 Å². The normalized spacial score (nSPS) is 14.9. The Bertz CT molecular complexity index is 1230. The lowest BCUT2D eigenvalue weighted by atomic mass is 9.91. The molecule has 23 heteroatoms. The summed E-state index contributed by atoms with van der Waals surface area (Å²) in [6.07, 6.45) is -7.87. The number of allylic oxidation sites excluding steroid dienone is 1. The molecule has 41 heavy (non-hydrogen) atoms. The Labute approximate surface area is 212 Å². The van der Waals surface area contributed by atoms with E-state index in [9.17, 15) is 84.2 Å². The van der Waals surface area contributed by atoms with Crippen LogP contribution in [0, 0.1) is 0 Å². The molecule has 0 aliphatic carbocycles. The third kappa shape index (κ3) is 5.24. The fourth-order valence-electron chi connectivity index (χ4n) is 2.52. The zero-order valence-corrected chi connectivity index (χ0v) is 18.6. The second-order valence-corrected chi connectivity index (χ2v) is 7.29. The minimum absolute atomic E-state index is 0.108. The number of methoxy groups -OCH3 is 1. The van der Waals surface area contributed by atoms with Gasteiger partial charge in [0, 0.05) is 6.07 Å². The van der Waals surface area contributed by atoms with Crippen LogP contribution in [0.15, 0.2) is 24.0 Å². The van der Waals surface area contributed by atoms with Gasteiger partial charge in [-0.3, -0.25) is 0 Å². The summed E-state index contributed by atoms with van der Waals surface area (Å²) >= 11 is 0. The van der Waals surface area contributed by atoms with E-state index in [2.05, 4.69) is 9.47 Å². The highest BCUT2D eigenvalue weighted by Crippen LogP contribution is 2.63. The Hall–Kier alpha value is -3.69. The van der Waals surface area contributed by atoms with Crippen molar-refractivity contribution in [2.75, 3.05) is 7.11 Å². The van der Waals surface area contributed by atoms with Gasteiger partial charge in [0.1, 0.15) is 0 Å². The molecule has 0 aliphatic rings. The molecule has 0 saturated carbocycles. The number of carboxylic acids is 2. The minimum atomic E-state index is -8.77. The first-order valence-electron chi connectivity index (χ1n) is 9.24. The molecule has 0 fully saturated rings. The molecule has 0 aromatic heterocycles. The van der Waals surface area contributed by atoms with E-state index in [1.54, 1.807) is 0 Å². The van der Waals surface area contributed by atoms with Gasteiger partial charge in [-0.2, -0.15) is 74.6 Å². The van der Waals surface area contributed by atoms with Gasteiger partial charge in [0.15, 0.2) is 11.5 Å². The maximum atomic E-state index is 14.0. The van der Waals surface area contributed by atoms with Crippen molar-refractivity contribution in [3.63, 3.8) is 0 Å². The van der Waals surface area contributed by atoms with Crippen LogP contribution in [0.2, 0.25) is 0 Å². The first-order chi connectivity index (χ1) is 18.0. The van der Waals surface area contributed by atoms with Crippen LogP contribution in [0.5, 0.6) is 11.5 Å². The largest absolute Gasteiger partial charge is 0.493 e. The summed E-state index contributed by atoms with van der Waals surface area (Å²) in [5, 5.41) is 17.8. The van der Waals surface area contributed by atoms with Crippen molar-refractivity contribution >= 4 is 11.9 Å². The summed E-state index contributed by atoms with van der Waals surface area (Å²) in [5.74, 6) is -62.6. The van der Waals surface area contributed by atoms with Gasteiger partial charge in [-0.05, 0) is 6.07 Å². The molecule has 0 spiro atoms. The molecule has 0 heterocycles. The summed E-state index contributed by atoms with van der Waals surface area (Å²) < 4.78 is 234. The third-order valence-corrected chi connectivity index (χ3v) is 4.74. The van der Waals surface area contributed by atoms with Crippen LogP contribution in [0.25, 0.3) is 0 Å². The smallest absolute Gasteiger partial charge is 0.460 e. The fourth-order valence-corrected chi connectivity index (χ4v) is 2.52. The van der Waals surface area contributed by atoms with Crippen molar-refractivity contribution in [3.05, 3.63) is 35.1 Å². The lowest BCUT2D eigenvalue weighted by molar-refractivity contribution is -0.451. The van der Waals surface area contributed by atoms with Crippen LogP contribution >= 0.6 is 0 Å². The van der Waals surface area contributed by atoms with E-state index >= 15 is 0 Å². The first kappa shape index (κ1) is 35.3. The Morgan fingerprint density at radius 1 is 0.610 bits per heavy atom.